The van der Waals surface area contributed by atoms with Crippen LogP contribution in [0.3, 0.4) is 0 Å². The van der Waals surface area contributed by atoms with E-state index in [2.05, 4.69) is 36.6 Å². The van der Waals surface area contributed by atoms with E-state index in [0.29, 0.717) is 35.9 Å². The minimum atomic E-state index is -0.298. The molecule has 0 aliphatic carbocycles. The van der Waals surface area contributed by atoms with Crippen LogP contribution in [-0.2, 0) is 10.2 Å². The highest BCUT2D eigenvalue weighted by atomic mass is 16.5. The van der Waals surface area contributed by atoms with Gasteiger partial charge >= 0.3 is 0 Å². The summed E-state index contributed by atoms with van der Waals surface area (Å²) in [5.74, 6) is 0.0802. The summed E-state index contributed by atoms with van der Waals surface area (Å²) in [5, 5.41) is 10.1. The molecule has 1 aliphatic rings. The molecule has 8 heteroatoms. The number of hydrogen-bond donors (Lipinski definition) is 2. The SMILES string of the molecule is COc1ccc(C(C)(C)C)cc1C(=O)Nc1ccc(C)c(-c2cc(C(=O)NC3CCOCC3)on2)c1. The average molecular weight is 492 g/mol. The van der Waals surface area contributed by atoms with E-state index in [0.717, 1.165) is 29.5 Å². The van der Waals surface area contributed by atoms with Crippen molar-refractivity contribution < 1.29 is 23.6 Å². The molecule has 1 aliphatic heterocycles. The number of carbonyl (C=O) groups is 2. The molecule has 3 aromatic rings. The molecule has 190 valence electrons. The van der Waals surface area contributed by atoms with Gasteiger partial charge in [0.25, 0.3) is 11.8 Å². The predicted octanol–water partition coefficient (Wildman–Crippen LogP) is 5.12. The Labute approximate surface area is 211 Å². The average Bonchev–Trinajstić information content (AvgIpc) is 3.35. The number of benzene rings is 2. The van der Waals surface area contributed by atoms with Crippen LogP contribution in [-0.4, -0.2) is 43.3 Å². The number of anilines is 1. The van der Waals surface area contributed by atoms with E-state index in [1.54, 1.807) is 13.2 Å². The Morgan fingerprint density at radius 2 is 1.78 bits per heavy atom. The Balaban J connectivity index is 1.53. The van der Waals surface area contributed by atoms with E-state index in [9.17, 15) is 9.59 Å². The van der Waals surface area contributed by atoms with Crippen molar-refractivity contribution in [3.05, 3.63) is 64.9 Å². The van der Waals surface area contributed by atoms with Crippen LogP contribution in [0.25, 0.3) is 11.3 Å². The van der Waals surface area contributed by atoms with Crippen molar-refractivity contribution in [3.63, 3.8) is 0 Å². The van der Waals surface area contributed by atoms with Gasteiger partial charge < -0.3 is 24.6 Å². The zero-order valence-electron chi connectivity index (χ0n) is 21.4. The van der Waals surface area contributed by atoms with Crippen LogP contribution in [0, 0.1) is 6.92 Å². The van der Waals surface area contributed by atoms with Crippen LogP contribution in [0.15, 0.2) is 47.0 Å². The number of ether oxygens (including phenoxy) is 2. The largest absolute Gasteiger partial charge is 0.496 e. The number of rotatable bonds is 6. The van der Waals surface area contributed by atoms with Crippen LogP contribution in [0.4, 0.5) is 5.69 Å². The fraction of sp³-hybridized carbons (Fsp3) is 0.393. The Hall–Kier alpha value is -3.65. The van der Waals surface area contributed by atoms with E-state index in [4.69, 9.17) is 14.0 Å². The molecule has 0 spiro atoms. The molecule has 1 aromatic heterocycles. The van der Waals surface area contributed by atoms with Crippen molar-refractivity contribution in [2.75, 3.05) is 25.6 Å². The topological polar surface area (TPSA) is 103 Å². The van der Waals surface area contributed by atoms with Crippen LogP contribution < -0.4 is 15.4 Å². The second-order valence-corrected chi connectivity index (χ2v) is 10.1. The highest BCUT2D eigenvalue weighted by Crippen LogP contribution is 2.30. The Morgan fingerprint density at radius 3 is 2.47 bits per heavy atom. The summed E-state index contributed by atoms with van der Waals surface area (Å²) in [4.78, 5) is 25.8. The summed E-state index contributed by atoms with van der Waals surface area (Å²) in [6, 6.07) is 12.9. The molecule has 0 radical (unpaired) electrons. The molecular formula is C28H33N3O5. The van der Waals surface area contributed by atoms with Gasteiger partial charge in [0.15, 0.2) is 0 Å². The van der Waals surface area contributed by atoms with Crippen LogP contribution in [0.2, 0.25) is 0 Å². The maximum absolute atomic E-state index is 13.2. The third kappa shape index (κ3) is 5.76. The molecule has 0 saturated carbocycles. The maximum atomic E-state index is 13.2. The minimum absolute atomic E-state index is 0.0638. The smallest absolute Gasteiger partial charge is 0.290 e. The summed E-state index contributed by atoms with van der Waals surface area (Å²) in [5.41, 5.74) is 4.20. The Kier molecular flexibility index (Phi) is 7.45. The lowest BCUT2D eigenvalue weighted by Crippen LogP contribution is -2.38. The fourth-order valence-corrected chi connectivity index (χ4v) is 4.13. The van der Waals surface area contributed by atoms with Gasteiger partial charge in [0.1, 0.15) is 11.4 Å². The molecule has 36 heavy (non-hydrogen) atoms. The lowest BCUT2D eigenvalue weighted by Gasteiger charge is -2.22. The normalized spacial score (nSPS) is 14.4. The van der Waals surface area contributed by atoms with Gasteiger partial charge in [-0.3, -0.25) is 9.59 Å². The van der Waals surface area contributed by atoms with Crippen molar-refractivity contribution in [2.45, 2.75) is 52.0 Å². The fourth-order valence-electron chi connectivity index (χ4n) is 4.13. The lowest BCUT2D eigenvalue weighted by atomic mass is 9.86. The number of amides is 2. The lowest BCUT2D eigenvalue weighted by molar-refractivity contribution is 0.0679. The molecule has 2 N–H and O–H groups in total. The van der Waals surface area contributed by atoms with E-state index < -0.39 is 0 Å². The second kappa shape index (κ2) is 10.5. The minimum Gasteiger partial charge on any atom is -0.496 e. The van der Waals surface area contributed by atoms with Crippen LogP contribution in [0.1, 0.15) is 65.7 Å². The highest BCUT2D eigenvalue weighted by Gasteiger charge is 2.22. The number of methoxy groups -OCH3 is 1. The van der Waals surface area contributed by atoms with Crippen LogP contribution in [0.5, 0.6) is 5.75 Å². The first-order valence-corrected chi connectivity index (χ1v) is 12.1. The van der Waals surface area contributed by atoms with Gasteiger partial charge in [-0.05, 0) is 60.6 Å². The number of nitrogens with zero attached hydrogens (tertiary/aromatic N) is 1. The van der Waals surface area contributed by atoms with Gasteiger partial charge in [0.05, 0.1) is 12.7 Å². The Morgan fingerprint density at radius 1 is 1.03 bits per heavy atom. The van der Waals surface area contributed by atoms with Gasteiger partial charge in [0.2, 0.25) is 5.76 Å². The molecular weight excluding hydrogens is 458 g/mol. The van der Waals surface area contributed by atoms with Gasteiger partial charge in [-0.25, -0.2) is 0 Å². The number of aryl methyl sites for hydroxylation is 1. The van der Waals surface area contributed by atoms with Gasteiger partial charge in [0, 0.05) is 36.6 Å². The van der Waals surface area contributed by atoms with Gasteiger partial charge in [-0.2, -0.15) is 0 Å². The van der Waals surface area contributed by atoms with Crippen molar-refractivity contribution in [3.8, 4) is 17.0 Å². The third-order valence-corrected chi connectivity index (χ3v) is 6.37. The first kappa shape index (κ1) is 25.4. The molecule has 2 heterocycles. The number of aromatic nitrogens is 1. The molecule has 0 atom stereocenters. The predicted molar refractivity (Wildman–Crippen MR) is 138 cm³/mol. The molecule has 1 saturated heterocycles. The molecule has 0 unspecified atom stereocenters. The van der Waals surface area contributed by atoms with Gasteiger partial charge in [-0.15, -0.1) is 0 Å². The van der Waals surface area contributed by atoms with Crippen molar-refractivity contribution in [2.24, 2.45) is 0 Å². The van der Waals surface area contributed by atoms with Gasteiger partial charge in [-0.1, -0.05) is 38.1 Å². The number of nitrogens with one attached hydrogen (secondary N) is 2. The summed E-state index contributed by atoms with van der Waals surface area (Å²) < 4.78 is 16.1. The van der Waals surface area contributed by atoms with E-state index >= 15 is 0 Å². The number of hydrogen-bond acceptors (Lipinski definition) is 6. The first-order valence-electron chi connectivity index (χ1n) is 12.1. The molecule has 4 rings (SSSR count). The monoisotopic (exact) mass is 491 g/mol. The summed E-state index contributed by atoms with van der Waals surface area (Å²) in [6.45, 7) is 9.50. The van der Waals surface area contributed by atoms with E-state index in [-0.39, 0.29) is 29.0 Å². The van der Waals surface area contributed by atoms with E-state index in [1.165, 1.54) is 0 Å². The molecule has 2 aromatic carbocycles. The van der Waals surface area contributed by atoms with E-state index in [1.807, 2.05) is 43.3 Å². The summed E-state index contributed by atoms with van der Waals surface area (Å²) in [6.07, 6.45) is 1.55. The first-order chi connectivity index (χ1) is 17.2. The van der Waals surface area contributed by atoms with Crippen molar-refractivity contribution in [1.82, 2.24) is 10.5 Å². The zero-order valence-corrected chi connectivity index (χ0v) is 21.4. The van der Waals surface area contributed by atoms with Crippen molar-refractivity contribution >= 4 is 17.5 Å². The summed E-state index contributed by atoms with van der Waals surface area (Å²) >= 11 is 0. The third-order valence-electron chi connectivity index (χ3n) is 6.37. The Bertz CT molecular complexity index is 1250. The molecule has 0 bridgehead atoms. The molecule has 1 fully saturated rings. The number of carbonyl (C=O) groups excluding carboxylic acids is 2. The highest BCUT2D eigenvalue weighted by molar-refractivity contribution is 6.06. The molecule has 8 nitrogen and oxygen atoms in total. The summed E-state index contributed by atoms with van der Waals surface area (Å²) in [7, 11) is 1.55. The standard InChI is InChI=1S/C28H33N3O5/c1-17-6-8-20(30-26(32)22-14-18(28(2,3)4)7-9-24(22)34-5)15-21(17)23-16-25(36-31-23)27(33)29-19-10-12-35-13-11-19/h6-9,14-16,19H,10-13H2,1-5H3,(H,29,33)(H,30,32). The van der Waals surface area contributed by atoms with Crippen molar-refractivity contribution in [1.29, 1.82) is 0 Å². The van der Waals surface area contributed by atoms with Crippen LogP contribution >= 0.6 is 0 Å². The second-order valence-electron chi connectivity index (χ2n) is 10.1. The molecule has 2 amide bonds. The quantitative estimate of drug-likeness (QED) is 0.496. The maximum Gasteiger partial charge on any atom is 0.290 e. The zero-order chi connectivity index (χ0) is 25.9.